The first-order chi connectivity index (χ1) is 9.17. The molecule has 1 aliphatic rings. The van der Waals surface area contributed by atoms with Gasteiger partial charge in [-0.15, -0.1) is 5.10 Å². The Bertz CT molecular complexity index is 369. The van der Waals surface area contributed by atoms with Crippen LogP contribution in [0.15, 0.2) is 6.20 Å². The molecule has 0 radical (unpaired) electrons. The zero-order valence-corrected chi connectivity index (χ0v) is 12.3. The summed E-state index contributed by atoms with van der Waals surface area (Å²) < 4.78 is 7.86. The molecule has 5 heteroatoms. The second kappa shape index (κ2) is 7.01. The normalized spacial score (nSPS) is 27.6. The van der Waals surface area contributed by atoms with Gasteiger partial charge in [0, 0.05) is 12.7 Å². The highest BCUT2D eigenvalue weighted by molar-refractivity contribution is 4.90. The van der Waals surface area contributed by atoms with Crippen LogP contribution in [0.1, 0.15) is 38.8 Å². The summed E-state index contributed by atoms with van der Waals surface area (Å²) in [5.41, 5.74) is 0.974. The lowest BCUT2D eigenvalue weighted by molar-refractivity contribution is -0.00346. The van der Waals surface area contributed by atoms with Crippen molar-refractivity contribution in [2.24, 2.45) is 11.8 Å². The standard InChI is InChI=1S/C14H26N4O/c1-11-6-12(2)8-14(7-11)19-5-4-18-10-13(9-15-3)16-17-18/h10-12,14-15H,4-9H2,1-3H3. The molecule has 1 aromatic rings. The van der Waals surface area contributed by atoms with Gasteiger partial charge in [0.15, 0.2) is 0 Å². The predicted molar refractivity (Wildman–Crippen MR) is 74.7 cm³/mol. The maximum absolute atomic E-state index is 5.99. The largest absolute Gasteiger partial charge is 0.376 e. The topological polar surface area (TPSA) is 52.0 Å². The molecule has 1 N–H and O–H groups in total. The highest BCUT2D eigenvalue weighted by Gasteiger charge is 2.24. The first-order valence-electron chi connectivity index (χ1n) is 7.32. The molecule has 1 heterocycles. The van der Waals surface area contributed by atoms with E-state index in [9.17, 15) is 0 Å². The Morgan fingerprint density at radius 3 is 2.74 bits per heavy atom. The van der Waals surface area contributed by atoms with Crippen molar-refractivity contribution in [3.8, 4) is 0 Å². The van der Waals surface area contributed by atoms with Gasteiger partial charge in [-0.2, -0.15) is 0 Å². The molecule has 1 aliphatic carbocycles. The summed E-state index contributed by atoms with van der Waals surface area (Å²) in [5, 5.41) is 11.3. The zero-order chi connectivity index (χ0) is 13.7. The Kier molecular flexibility index (Phi) is 5.34. The number of aromatic nitrogens is 3. The molecule has 1 saturated carbocycles. The Morgan fingerprint density at radius 1 is 1.32 bits per heavy atom. The van der Waals surface area contributed by atoms with Gasteiger partial charge in [-0.1, -0.05) is 19.1 Å². The van der Waals surface area contributed by atoms with E-state index in [1.54, 1.807) is 0 Å². The summed E-state index contributed by atoms with van der Waals surface area (Å²) in [7, 11) is 1.91. The average molecular weight is 266 g/mol. The van der Waals surface area contributed by atoms with Crippen molar-refractivity contribution < 1.29 is 4.74 Å². The molecule has 0 bridgehead atoms. The Balaban J connectivity index is 1.70. The van der Waals surface area contributed by atoms with Crippen LogP contribution in [0.25, 0.3) is 0 Å². The van der Waals surface area contributed by atoms with Crippen molar-refractivity contribution in [1.82, 2.24) is 20.3 Å². The lowest BCUT2D eigenvalue weighted by atomic mass is 9.82. The zero-order valence-electron chi connectivity index (χ0n) is 12.3. The number of hydrogen-bond acceptors (Lipinski definition) is 4. The van der Waals surface area contributed by atoms with Crippen LogP contribution in [0.2, 0.25) is 0 Å². The lowest BCUT2D eigenvalue weighted by Gasteiger charge is -2.31. The van der Waals surface area contributed by atoms with Crippen LogP contribution >= 0.6 is 0 Å². The van der Waals surface area contributed by atoms with Crippen molar-refractivity contribution in [3.05, 3.63) is 11.9 Å². The monoisotopic (exact) mass is 266 g/mol. The minimum atomic E-state index is 0.430. The van der Waals surface area contributed by atoms with E-state index >= 15 is 0 Å². The van der Waals surface area contributed by atoms with Crippen LogP contribution in [-0.4, -0.2) is 34.8 Å². The van der Waals surface area contributed by atoms with Crippen molar-refractivity contribution in [3.63, 3.8) is 0 Å². The molecule has 19 heavy (non-hydrogen) atoms. The SMILES string of the molecule is CNCc1cn(CCOC2CC(C)CC(C)C2)nn1. The van der Waals surface area contributed by atoms with Crippen molar-refractivity contribution >= 4 is 0 Å². The molecule has 2 unspecified atom stereocenters. The predicted octanol–water partition coefficient (Wildman–Crippen LogP) is 1.84. The number of nitrogens with one attached hydrogen (secondary N) is 1. The van der Waals surface area contributed by atoms with E-state index in [4.69, 9.17) is 4.74 Å². The second-order valence-electron chi connectivity index (χ2n) is 5.91. The molecular weight excluding hydrogens is 240 g/mol. The van der Waals surface area contributed by atoms with E-state index < -0.39 is 0 Å². The third kappa shape index (κ3) is 4.58. The number of nitrogens with zero attached hydrogens (tertiary/aromatic N) is 3. The third-order valence-electron chi connectivity index (χ3n) is 3.75. The molecule has 1 aromatic heterocycles. The van der Waals surface area contributed by atoms with Gasteiger partial charge in [0.25, 0.3) is 0 Å². The average Bonchev–Trinajstić information content (AvgIpc) is 2.76. The molecule has 0 saturated heterocycles. The van der Waals surface area contributed by atoms with Crippen LogP contribution < -0.4 is 5.32 Å². The van der Waals surface area contributed by atoms with Gasteiger partial charge in [0.05, 0.1) is 24.9 Å². The van der Waals surface area contributed by atoms with Crippen LogP contribution in [0.5, 0.6) is 0 Å². The maximum Gasteiger partial charge on any atom is 0.0964 e. The fraction of sp³-hybridized carbons (Fsp3) is 0.857. The highest BCUT2D eigenvalue weighted by Crippen LogP contribution is 2.30. The van der Waals surface area contributed by atoms with Crippen molar-refractivity contribution in [1.29, 1.82) is 0 Å². The van der Waals surface area contributed by atoms with Crippen molar-refractivity contribution in [2.75, 3.05) is 13.7 Å². The molecular formula is C14H26N4O. The summed E-state index contributed by atoms with van der Waals surface area (Å²) in [6.07, 6.45) is 6.15. The van der Waals surface area contributed by atoms with Gasteiger partial charge in [0.2, 0.25) is 0 Å². The first-order valence-corrected chi connectivity index (χ1v) is 7.32. The highest BCUT2D eigenvalue weighted by atomic mass is 16.5. The molecule has 1 fully saturated rings. The first kappa shape index (κ1) is 14.5. The van der Waals surface area contributed by atoms with E-state index in [-0.39, 0.29) is 0 Å². The third-order valence-corrected chi connectivity index (χ3v) is 3.75. The van der Waals surface area contributed by atoms with E-state index in [0.29, 0.717) is 6.10 Å². The molecule has 2 rings (SSSR count). The smallest absolute Gasteiger partial charge is 0.0964 e. The van der Waals surface area contributed by atoms with Crippen LogP contribution in [0.4, 0.5) is 0 Å². The van der Waals surface area contributed by atoms with Crippen LogP contribution in [-0.2, 0) is 17.8 Å². The Hall–Kier alpha value is -0.940. The summed E-state index contributed by atoms with van der Waals surface area (Å²) in [5.74, 6) is 1.59. The van der Waals surface area contributed by atoms with E-state index in [1.807, 2.05) is 17.9 Å². The minimum absolute atomic E-state index is 0.430. The molecule has 0 aliphatic heterocycles. The molecule has 5 nitrogen and oxygen atoms in total. The lowest BCUT2D eigenvalue weighted by Crippen LogP contribution is -2.27. The molecule has 108 valence electrons. The number of ether oxygens (including phenoxy) is 1. The Labute approximate surface area is 115 Å². The van der Waals surface area contributed by atoms with E-state index in [0.717, 1.165) is 37.2 Å². The van der Waals surface area contributed by atoms with Gasteiger partial charge in [-0.05, 0) is 38.1 Å². The molecule has 0 spiro atoms. The van der Waals surface area contributed by atoms with Gasteiger partial charge >= 0.3 is 0 Å². The van der Waals surface area contributed by atoms with E-state index in [2.05, 4.69) is 29.5 Å². The molecule has 0 amide bonds. The summed E-state index contributed by atoms with van der Waals surface area (Å²) in [6.45, 7) is 6.93. The number of hydrogen-bond donors (Lipinski definition) is 1. The van der Waals surface area contributed by atoms with Gasteiger partial charge in [0.1, 0.15) is 0 Å². The second-order valence-corrected chi connectivity index (χ2v) is 5.91. The maximum atomic E-state index is 5.99. The van der Waals surface area contributed by atoms with E-state index in [1.165, 1.54) is 19.3 Å². The summed E-state index contributed by atoms with van der Waals surface area (Å²) in [4.78, 5) is 0. The fourth-order valence-corrected chi connectivity index (χ4v) is 3.03. The number of rotatable bonds is 6. The molecule has 0 aromatic carbocycles. The summed E-state index contributed by atoms with van der Waals surface area (Å²) in [6, 6.07) is 0. The molecule has 2 atom stereocenters. The minimum Gasteiger partial charge on any atom is -0.376 e. The van der Waals surface area contributed by atoms with Crippen molar-refractivity contribution in [2.45, 2.75) is 52.3 Å². The quantitative estimate of drug-likeness (QED) is 0.853. The van der Waals surface area contributed by atoms with Gasteiger partial charge < -0.3 is 10.1 Å². The van der Waals surface area contributed by atoms with Gasteiger partial charge in [-0.3, -0.25) is 0 Å². The van der Waals surface area contributed by atoms with Crippen LogP contribution in [0.3, 0.4) is 0 Å². The Morgan fingerprint density at radius 2 is 2.05 bits per heavy atom. The van der Waals surface area contributed by atoms with Gasteiger partial charge in [-0.25, -0.2) is 4.68 Å². The summed E-state index contributed by atoms with van der Waals surface area (Å²) >= 11 is 0. The van der Waals surface area contributed by atoms with Crippen LogP contribution in [0, 0.1) is 11.8 Å². The fourth-order valence-electron chi connectivity index (χ4n) is 3.03.